The summed E-state index contributed by atoms with van der Waals surface area (Å²) in [4.78, 5) is 20.3. The molecule has 0 unspecified atom stereocenters. The van der Waals surface area contributed by atoms with Crippen LogP contribution in [0.15, 0.2) is 41.9 Å². The van der Waals surface area contributed by atoms with Crippen molar-refractivity contribution in [2.45, 2.75) is 13.3 Å². The van der Waals surface area contributed by atoms with Gasteiger partial charge in [0.15, 0.2) is 0 Å². The maximum atomic E-state index is 12.5. The Morgan fingerprint density at radius 3 is 2.85 bits per heavy atom. The molecule has 0 saturated carbocycles. The Morgan fingerprint density at radius 2 is 2.15 bits per heavy atom. The van der Waals surface area contributed by atoms with Crippen LogP contribution in [0, 0.1) is 0 Å². The van der Waals surface area contributed by atoms with Gasteiger partial charge in [0.25, 0.3) is 0 Å². The first-order chi connectivity index (χ1) is 13.1. The molecule has 5 nitrogen and oxygen atoms in total. The number of carbonyl (C=O) groups is 1. The molecule has 0 radical (unpaired) electrons. The van der Waals surface area contributed by atoms with Gasteiger partial charge >= 0.3 is 5.97 Å². The number of nitrogens with zero attached hydrogens (tertiary/aromatic N) is 2. The number of anilines is 1. The Balaban J connectivity index is 2.01. The van der Waals surface area contributed by atoms with Gasteiger partial charge in [0.1, 0.15) is 5.56 Å². The zero-order valence-electron chi connectivity index (χ0n) is 16.0. The summed E-state index contributed by atoms with van der Waals surface area (Å²) < 4.78 is 5.24. The quantitative estimate of drug-likeness (QED) is 0.458. The third kappa shape index (κ3) is 4.64. The number of carbonyl (C=O) groups excluding carboxylic acids is 1. The number of fused-ring (bicyclic) bond motifs is 1. The van der Waals surface area contributed by atoms with Crippen molar-refractivity contribution >= 4 is 33.9 Å². The van der Waals surface area contributed by atoms with E-state index in [0.29, 0.717) is 12.2 Å². The van der Waals surface area contributed by atoms with Crippen molar-refractivity contribution in [2.75, 3.05) is 39.1 Å². The maximum absolute atomic E-state index is 12.5. The number of nitrogens with one attached hydrogen (secondary N) is 1. The molecule has 0 aliphatic rings. The summed E-state index contributed by atoms with van der Waals surface area (Å²) in [5.74, 6) is -0.344. The number of aromatic nitrogens is 1. The summed E-state index contributed by atoms with van der Waals surface area (Å²) in [6.45, 7) is 3.90. The zero-order chi connectivity index (χ0) is 19.2. The van der Waals surface area contributed by atoms with Crippen molar-refractivity contribution < 1.29 is 9.53 Å². The Kier molecular flexibility index (Phi) is 6.42. The molecule has 1 N–H and O–H groups in total. The lowest BCUT2D eigenvalue weighted by atomic mass is 10.1. The SMILES string of the molecule is CCOC(=O)c1cnc2ccc(-c3cccs3)cc2c1NCCCN(C)C. The molecule has 0 atom stereocenters. The molecule has 2 heterocycles. The first-order valence-electron chi connectivity index (χ1n) is 9.12. The molecule has 0 saturated heterocycles. The van der Waals surface area contributed by atoms with Crippen molar-refractivity contribution in [1.82, 2.24) is 9.88 Å². The Labute approximate surface area is 164 Å². The molecule has 0 amide bonds. The number of pyridine rings is 1. The minimum absolute atomic E-state index is 0.339. The molecule has 27 heavy (non-hydrogen) atoms. The van der Waals surface area contributed by atoms with E-state index >= 15 is 0 Å². The molecule has 0 aliphatic carbocycles. The van der Waals surface area contributed by atoms with Crippen LogP contribution in [0.4, 0.5) is 5.69 Å². The summed E-state index contributed by atoms with van der Waals surface area (Å²) in [6.07, 6.45) is 2.59. The number of esters is 1. The molecular formula is C21H25N3O2S. The van der Waals surface area contributed by atoms with E-state index in [2.05, 4.69) is 52.9 Å². The number of hydrogen-bond acceptors (Lipinski definition) is 6. The first-order valence-corrected chi connectivity index (χ1v) is 10.0. The molecule has 142 valence electrons. The number of thiophene rings is 1. The van der Waals surface area contributed by atoms with Crippen LogP contribution in [0.25, 0.3) is 21.3 Å². The average Bonchev–Trinajstić information content (AvgIpc) is 3.19. The number of benzene rings is 1. The van der Waals surface area contributed by atoms with Crippen molar-refractivity contribution in [2.24, 2.45) is 0 Å². The fraction of sp³-hybridized carbons (Fsp3) is 0.333. The van der Waals surface area contributed by atoms with Crippen LogP contribution >= 0.6 is 11.3 Å². The van der Waals surface area contributed by atoms with Gasteiger partial charge in [-0.3, -0.25) is 4.98 Å². The predicted octanol–water partition coefficient (Wildman–Crippen LogP) is 4.50. The predicted molar refractivity (Wildman–Crippen MR) is 113 cm³/mol. The van der Waals surface area contributed by atoms with Crippen LogP contribution in [0.1, 0.15) is 23.7 Å². The van der Waals surface area contributed by atoms with E-state index in [1.54, 1.807) is 17.5 Å². The van der Waals surface area contributed by atoms with E-state index in [0.717, 1.165) is 41.7 Å². The van der Waals surface area contributed by atoms with Crippen LogP contribution in [0.3, 0.4) is 0 Å². The molecule has 0 bridgehead atoms. The van der Waals surface area contributed by atoms with Gasteiger partial charge in [0.2, 0.25) is 0 Å². The molecule has 6 heteroatoms. The molecule has 3 aromatic rings. The fourth-order valence-electron chi connectivity index (χ4n) is 2.95. The monoisotopic (exact) mass is 383 g/mol. The number of rotatable bonds is 8. The summed E-state index contributed by atoms with van der Waals surface area (Å²) in [5, 5.41) is 6.46. The normalized spacial score (nSPS) is 11.1. The standard InChI is InChI=1S/C21H25N3O2S/c1-4-26-21(25)17-14-23-18-9-8-15(19-7-5-12-27-19)13-16(18)20(17)22-10-6-11-24(2)3/h5,7-9,12-14H,4,6,10-11H2,1-3H3,(H,22,23). The maximum Gasteiger partial charge on any atom is 0.341 e. The van der Waals surface area contributed by atoms with E-state index in [9.17, 15) is 4.79 Å². The van der Waals surface area contributed by atoms with Crippen molar-refractivity contribution in [3.8, 4) is 10.4 Å². The fourth-order valence-corrected chi connectivity index (χ4v) is 3.68. The molecule has 3 rings (SSSR count). The van der Waals surface area contributed by atoms with Gasteiger partial charge in [0.05, 0.1) is 17.8 Å². The summed E-state index contributed by atoms with van der Waals surface area (Å²) in [6, 6.07) is 10.3. The highest BCUT2D eigenvalue weighted by atomic mass is 32.1. The lowest BCUT2D eigenvalue weighted by molar-refractivity contribution is 0.0527. The molecule has 0 aliphatic heterocycles. The molecule has 0 fully saturated rings. The van der Waals surface area contributed by atoms with E-state index in [-0.39, 0.29) is 5.97 Å². The first kappa shape index (κ1) is 19.3. The highest BCUT2D eigenvalue weighted by Crippen LogP contribution is 2.32. The van der Waals surface area contributed by atoms with Gasteiger partial charge in [0, 0.05) is 23.0 Å². The van der Waals surface area contributed by atoms with Crippen molar-refractivity contribution in [3.05, 3.63) is 47.5 Å². The van der Waals surface area contributed by atoms with Crippen LogP contribution in [0.2, 0.25) is 0 Å². The minimum atomic E-state index is -0.344. The van der Waals surface area contributed by atoms with E-state index < -0.39 is 0 Å². The molecule has 0 spiro atoms. The lowest BCUT2D eigenvalue weighted by Crippen LogP contribution is -2.17. The van der Waals surface area contributed by atoms with Gasteiger partial charge in [-0.2, -0.15) is 0 Å². The minimum Gasteiger partial charge on any atom is -0.462 e. The van der Waals surface area contributed by atoms with E-state index in [4.69, 9.17) is 4.74 Å². The van der Waals surface area contributed by atoms with Crippen LogP contribution in [-0.2, 0) is 4.74 Å². The summed E-state index contributed by atoms with van der Waals surface area (Å²) in [5.41, 5.74) is 3.27. The van der Waals surface area contributed by atoms with E-state index in [1.807, 2.05) is 19.1 Å². The second-order valence-electron chi connectivity index (χ2n) is 6.56. The number of hydrogen-bond donors (Lipinski definition) is 1. The van der Waals surface area contributed by atoms with Gasteiger partial charge in [-0.05, 0) is 63.1 Å². The highest BCUT2D eigenvalue weighted by molar-refractivity contribution is 7.13. The Bertz CT molecular complexity index is 907. The lowest BCUT2D eigenvalue weighted by Gasteiger charge is -2.16. The Hall–Kier alpha value is -2.44. The van der Waals surface area contributed by atoms with Crippen LogP contribution in [0.5, 0.6) is 0 Å². The highest BCUT2D eigenvalue weighted by Gasteiger charge is 2.17. The molecule has 1 aromatic carbocycles. The average molecular weight is 384 g/mol. The zero-order valence-corrected chi connectivity index (χ0v) is 16.8. The molecule has 2 aromatic heterocycles. The largest absolute Gasteiger partial charge is 0.462 e. The third-order valence-corrected chi connectivity index (χ3v) is 5.17. The second kappa shape index (κ2) is 8.97. The topological polar surface area (TPSA) is 54.5 Å². The van der Waals surface area contributed by atoms with Crippen LogP contribution < -0.4 is 5.32 Å². The molecular weight excluding hydrogens is 358 g/mol. The van der Waals surface area contributed by atoms with Gasteiger partial charge in [-0.15, -0.1) is 11.3 Å². The summed E-state index contributed by atoms with van der Waals surface area (Å²) in [7, 11) is 4.11. The van der Waals surface area contributed by atoms with Gasteiger partial charge < -0.3 is 15.0 Å². The van der Waals surface area contributed by atoms with Crippen molar-refractivity contribution in [1.29, 1.82) is 0 Å². The van der Waals surface area contributed by atoms with Gasteiger partial charge in [-0.1, -0.05) is 12.1 Å². The smallest absolute Gasteiger partial charge is 0.341 e. The summed E-state index contributed by atoms with van der Waals surface area (Å²) >= 11 is 1.70. The van der Waals surface area contributed by atoms with Crippen LogP contribution in [-0.4, -0.2) is 49.6 Å². The number of ether oxygens (including phenoxy) is 1. The third-order valence-electron chi connectivity index (χ3n) is 4.25. The van der Waals surface area contributed by atoms with Crippen molar-refractivity contribution in [3.63, 3.8) is 0 Å². The van der Waals surface area contributed by atoms with Gasteiger partial charge in [-0.25, -0.2) is 4.79 Å². The van der Waals surface area contributed by atoms with E-state index in [1.165, 1.54) is 4.88 Å². The Morgan fingerprint density at radius 1 is 1.30 bits per heavy atom. The second-order valence-corrected chi connectivity index (χ2v) is 7.51.